The van der Waals surface area contributed by atoms with Crippen molar-refractivity contribution in [3.8, 4) is 0 Å². The van der Waals surface area contributed by atoms with Crippen LogP contribution in [0.25, 0.3) is 0 Å². The fourth-order valence-electron chi connectivity index (χ4n) is 1.29. The second-order valence-corrected chi connectivity index (χ2v) is 3.30. The highest BCUT2D eigenvalue weighted by Crippen LogP contribution is 2.07. The second-order valence-electron chi connectivity index (χ2n) is 3.30. The molecule has 0 aliphatic heterocycles. The molecule has 12 heavy (non-hydrogen) atoms. The Morgan fingerprint density at radius 2 is 1.33 bits per heavy atom. The molecule has 0 aromatic heterocycles. The molecule has 0 aromatic carbocycles. The van der Waals surface area contributed by atoms with Gasteiger partial charge in [0.05, 0.1) is 6.61 Å². The maximum absolute atomic E-state index is 9.60. The summed E-state index contributed by atoms with van der Waals surface area (Å²) in [5.41, 5.74) is 0. The van der Waals surface area contributed by atoms with Gasteiger partial charge in [-0.15, -0.1) is 0 Å². The van der Waals surface area contributed by atoms with Crippen molar-refractivity contribution in [1.82, 2.24) is 0 Å². The molecule has 0 amide bonds. The molecule has 0 heterocycles. The van der Waals surface area contributed by atoms with Gasteiger partial charge < -0.3 is 0 Å². The van der Waals surface area contributed by atoms with E-state index in [1.165, 1.54) is 38.5 Å². The van der Waals surface area contributed by atoms with E-state index < -0.39 is 0 Å². The predicted molar refractivity (Wildman–Crippen MR) is 49.2 cm³/mol. The van der Waals surface area contributed by atoms with Gasteiger partial charge in [-0.2, -0.15) is 0 Å². The van der Waals surface area contributed by atoms with E-state index in [0.717, 1.165) is 12.8 Å². The van der Waals surface area contributed by atoms with E-state index in [9.17, 15) is 5.26 Å². The van der Waals surface area contributed by atoms with Gasteiger partial charge in [0.25, 0.3) is 0 Å². The van der Waals surface area contributed by atoms with Crippen molar-refractivity contribution in [2.45, 2.75) is 58.3 Å². The summed E-state index contributed by atoms with van der Waals surface area (Å²) >= 11 is 0. The average molecular weight is 173 g/mol. The van der Waals surface area contributed by atoms with Gasteiger partial charge in [0.15, 0.2) is 0 Å². The average Bonchev–Trinajstić information content (AvgIpc) is 2.10. The SMILES string of the molecule is CCCCCCCCCCO[O]. The number of unbranched alkanes of at least 4 members (excludes halogenated alkanes) is 7. The summed E-state index contributed by atoms with van der Waals surface area (Å²) in [5.74, 6) is 0. The van der Waals surface area contributed by atoms with Gasteiger partial charge in [-0.3, -0.25) is 0 Å². The summed E-state index contributed by atoms with van der Waals surface area (Å²) in [6, 6.07) is 0. The molecule has 0 saturated carbocycles. The third-order valence-corrected chi connectivity index (χ3v) is 2.08. The minimum absolute atomic E-state index is 0.384. The number of rotatable bonds is 9. The van der Waals surface area contributed by atoms with Crippen molar-refractivity contribution >= 4 is 0 Å². The molecule has 0 saturated heterocycles. The van der Waals surface area contributed by atoms with Crippen molar-refractivity contribution in [1.29, 1.82) is 0 Å². The minimum Gasteiger partial charge on any atom is -0.204 e. The topological polar surface area (TPSA) is 29.1 Å². The van der Waals surface area contributed by atoms with Gasteiger partial charge in [-0.05, 0) is 11.7 Å². The molecule has 0 spiro atoms. The van der Waals surface area contributed by atoms with Crippen molar-refractivity contribution in [3.05, 3.63) is 0 Å². The Morgan fingerprint density at radius 1 is 0.833 bits per heavy atom. The predicted octanol–water partition coefficient (Wildman–Crippen LogP) is 3.49. The zero-order chi connectivity index (χ0) is 9.07. The van der Waals surface area contributed by atoms with Crippen LogP contribution in [0.15, 0.2) is 0 Å². The van der Waals surface area contributed by atoms with Crippen LogP contribution in [0.1, 0.15) is 58.3 Å². The first-order chi connectivity index (χ1) is 5.91. The molecule has 0 bridgehead atoms. The van der Waals surface area contributed by atoms with Gasteiger partial charge in [0.1, 0.15) is 0 Å². The smallest absolute Gasteiger partial charge is 0.0854 e. The molecule has 2 heteroatoms. The quantitative estimate of drug-likeness (QED) is 0.298. The Balaban J connectivity index is 2.73. The molecule has 0 aliphatic carbocycles. The van der Waals surface area contributed by atoms with Gasteiger partial charge >= 0.3 is 0 Å². The van der Waals surface area contributed by atoms with Gasteiger partial charge in [0, 0.05) is 0 Å². The van der Waals surface area contributed by atoms with E-state index in [1.807, 2.05) is 0 Å². The fraction of sp³-hybridized carbons (Fsp3) is 1.00. The summed E-state index contributed by atoms with van der Waals surface area (Å²) in [4.78, 5) is 3.74. The lowest BCUT2D eigenvalue weighted by atomic mass is 10.1. The van der Waals surface area contributed by atoms with Crippen molar-refractivity contribution < 1.29 is 10.1 Å². The standard InChI is InChI=1S/C10H21O2/c1-2-3-4-5-6-7-8-9-10-12-11/h2-10H2,1H3. The largest absolute Gasteiger partial charge is 0.204 e. The Kier molecular flexibility index (Phi) is 10.8. The van der Waals surface area contributed by atoms with E-state index in [-0.39, 0.29) is 0 Å². The van der Waals surface area contributed by atoms with E-state index in [1.54, 1.807) is 0 Å². The molecular weight excluding hydrogens is 152 g/mol. The van der Waals surface area contributed by atoms with Crippen LogP contribution in [0.5, 0.6) is 0 Å². The summed E-state index contributed by atoms with van der Waals surface area (Å²) in [6.07, 6.45) is 10.0. The van der Waals surface area contributed by atoms with Gasteiger partial charge in [-0.25, -0.2) is 4.89 Å². The summed E-state index contributed by atoms with van der Waals surface area (Å²) < 4.78 is 0. The zero-order valence-corrected chi connectivity index (χ0v) is 8.18. The third-order valence-electron chi connectivity index (χ3n) is 2.08. The molecule has 0 N–H and O–H groups in total. The highest BCUT2D eigenvalue weighted by Gasteiger charge is 1.91. The first-order valence-electron chi connectivity index (χ1n) is 5.16. The first-order valence-corrected chi connectivity index (χ1v) is 5.16. The molecule has 2 nitrogen and oxygen atoms in total. The van der Waals surface area contributed by atoms with Crippen LogP contribution in [0.2, 0.25) is 0 Å². The Hall–Kier alpha value is -0.0800. The van der Waals surface area contributed by atoms with Crippen LogP contribution in [0, 0.1) is 0 Å². The summed E-state index contributed by atoms with van der Waals surface area (Å²) in [6.45, 7) is 2.61. The van der Waals surface area contributed by atoms with Crippen LogP contribution >= 0.6 is 0 Å². The second kappa shape index (κ2) is 10.9. The molecule has 1 radical (unpaired) electrons. The lowest BCUT2D eigenvalue weighted by Crippen LogP contribution is -1.87. The van der Waals surface area contributed by atoms with Gasteiger partial charge in [-0.1, -0.05) is 51.9 Å². The monoisotopic (exact) mass is 173 g/mol. The molecule has 0 fully saturated rings. The van der Waals surface area contributed by atoms with Crippen LogP contribution in [-0.4, -0.2) is 6.61 Å². The molecular formula is C10H21O2. The van der Waals surface area contributed by atoms with Crippen LogP contribution in [0.3, 0.4) is 0 Å². The summed E-state index contributed by atoms with van der Waals surface area (Å²) in [7, 11) is 0. The normalized spacial score (nSPS) is 10.5. The highest BCUT2D eigenvalue weighted by molar-refractivity contribution is 4.44. The third kappa shape index (κ3) is 9.92. The van der Waals surface area contributed by atoms with Crippen molar-refractivity contribution in [2.24, 2.45) is 0 Å². The van der Waals surface area contributed by atoms with Crippen molar-refractivity contribution in [2.75, 3.05) is 6.61 Å². The molecule has 73 valence electrons. The van der Waals surface area contributed by atoms with E-state index in [2.05, 4.69) is 11.8 Å². The maximum atomic E-state index is 9.60. The van der Waals surface area contributed by atoms with Crippen LogP contribution in [-0.2, 0) is 10.1 Å². The van der Waals surface area contributed by atoms with E-state index in [0.29, 0.717) is 6.61 Å². The first kappa shape index (κ1) is 11.9. The Labute approximate surface area is 75.9 Å². The van der Waals surface area contributed by atoms with Crippen LogP contribution < -0.4 is 0 Å². The molecule has 0 aliphatic rings. The zero-order valence-electron chi connectivity index (χ0n) is 8.18. The molecule has 0 atom stereocenters. The lowest BCUT2D eigenvalue weighted by molar-refractivity contribution is -0.303. The fourth-order valence-corrected chi connectivity index (χ4v) is 1.29. The van der Waals surface area contributed by atoms with Crippen molar-refractivity contribution in [3.63, 3.8) is 0 Å². The minimum atomic E-state index is 0.384. The van der Waals surface area contributed by atoms with Gasteiger partial charge in [0.2, 0.25) is 0 Å². The Bertz CT molecular complexity index is 64.2. The lowest BCUT2D eigenvalue weighted by Gasteiger charge is -1.99. The maximum Gasteiger partial charge on any atom is 0.0854 e. The molecule has 0 aromatic rings. The van der Waals surface area contributed by atoms with E-state index in [4.69, 9.17) is 0 Å². The number of hydrogen-bond acceptors (Lipinski definition) is 1. The Morgan fingerprint density at radius 3 is 1.83 bits per heavy atom. The molecule has 0 rings (SSSR count). The molecule has 0 unspecified atom stereocenters. The van der Waals surface area contributed by atoms with E-state index >= 15 is 0 Å². The highest BCUT2D eigenvalue weighted by atomic mass is 17.1. The summed E-state index contributed by atoms with van der Waals surface area (Å²) in [5, 5.41) is 9.60. The van der Waals surface area contributed by atoms with Crippen LogP contribution in [0.4, 0.5) is 0 Å². The number of hydrogen-bond donors (Lipinski definition) is 0.